The van der Waals surface area contributed by atoms with Crippen LogP contribution < -0.4 is 5.32 Å². The Kier molecular flexibility index (Phi) is 2.89. The summed E-state index contributed by atoms with van der Waals surface area (Å²) >= 11 is 0. The highest BCUT2D eigenvalue weighted by molar-refractivity contribution is 6.02. The molecule has 4 rings (SSSR count). The molecule has 0 saturated heterocycles. The molecule has 1 amide bonds. The SMILES string of the molecule is Cn1ncc2c(NC(=O)C3CC3c3cccnc3)ccnc21. The molecule has 0 radical (unpaired) electrons. The lowest BCUT2D eigenvalue weighted by Crippen LogP contribution is -2.14. The molecule has 22 heavy (non-hydrogen) atoms. The summed E-state index contributed by atoms with van der Waals surface area (Å²) in [5.41, 5.74) is 2.65. The van der Waals surface area contributed by atoms with Crippen LogP contribution in [0.5, 0.6) is 0 Å². The predicted octanol–water partition coefficient (Wildman–Crippen LogP) is 2.11. The van der Waals surface area contributed by atoms with Crippen molar-refractivity contribution in [2.75, 3.05) is 5.32 Å². The van der Waals surface area contributed by atoms with Crippen molar-refractivity contribution in [3.8, 4) is 0 Å². The normalized spacial score (nSPS) is 20.0. The van der Waals surface area contributed by atoms with E-state index in [0.29, 0.717) is 0 Å². The fraction of sp³-hybridized carbons (Fsp3) is 0.250. The highest BCUT2D eigenvalue weighted by atomic mass is 16.2. The number of amides is 1. The Morgan fingerprint density at radius 3 is 3.05 bits per heavy atom. The number of hydrogen-bond donors (Lipinski definition) is 1. The molecule has 0 aliphatic heterocycles. The minimum atomic E-state index is 0.0177. The van der Waals surface area contributed by atoms with Gasteiger partial charge in [-0.2, -0.15) is 5.10 Å². The van der Waals surface area contributed by atoms with Gasteiger partial charge in [-0.3, -0.25) is 14.5 Å². The quantitative estimate of drug-likeness (QED) is 0.802. The van der Waals surface area contributed by atoms with Crippen molar-refractivity contribution in [1.82, 2.24) is 19.7 Å². The van der Waals surface area contributed by atoms with Crippen LogP contribution in [-0.2, 0) is 11.8 Å². The van der Waals surface area contributed by atoms with Crippen LogP contribution in [0.15, 0.2) is 43.0 Å². The third kappa shape index (κ3) is 2.13. The molecule has 0 spiro atoms. The van der Waals surface area contributed by atoms with Crippen molar-refractivity contribution in [2.24, 2.45) is 13.0 Å². The Balaban J connectivity index is 1.53. The number of nitrogens with one attached hydrogen (secondary N) is 1. The number of carbonyl (C=O) groups is 1. The standard InChI is InChI=1S/C16H15N5O/c1-21-15-13(9-19-21)14(4-6-18-15)20-16(22)12-7-11(12)10-3-2-5-17-8-10/h2-6,8-9,11-12H,7H2,1H3,(H,18,20,22). The predicted molar refractivity (Wildman–Crippen MR) is 82.2 cm³/mol. The van der Waals surface area contributed by atoms with Gasteiger partial charge in [-0.05, 0) is 30.0 Å². The summed E-state index contributed by atoms with van der Waals surface area (Å²) in [6, 6.07) is 5.74. The Morgan fingerprint density at radius 2 is 2.23 bits per heavy atom. The molecule has 1 fully saturated rings. The average molecular weight is 293 g/mol. The first-order valence-electron chi connectivity index (χ1n) is 7.21. The summed E-state index contributed by atoms with van der Waals surface area (Å²) in [5.74, 6) is 0.342. The number of aromatic nitrogens is 4. The zero-order valence-corrected chi connectivity index (χ0v) is 12.1. The largest absolute Gasteiger partial charge is 0.325 e. The van der Waals surface area contributed by atoms with Crippen molar-refractivity contribution in [1.29, 1.82) is 0 Å². The van der Waals surface area contributed by atoms with Crippen molar-refractivity contribution in [3.05, 3.63) is 48.5 Å². The summed E-state index contributed by atoms with van der Waals surface area (Å²) in [4.78, 5) is 20.8. The fourth-order valence-corrected chi connectivity index (χ4v) is 2.83. The van der Waals surface area contributed by atoms with E-state index in [0.717, 1.165) is 28.7 Å². The Bertz CT molecular complexity index is 842. The van der Waals surface area contributed by atoms with Crippen LogP contribution in [0.3, 0.4) is 0 Å². The van der Waals surface area contributed by atoms with Gasteiger partial charge in [-0.1, -0.05) is 6.07 Å². The van der Waals surface area contributed by atoms with E-state index in [1.165, 1.54) is 0 Å². The zero-order chi connectivity index (χ0) is 15.1. The monoisotopic (exact) mass is 293 g/mol. The third-order valence-corrected chi connectivity index (χ3v) is 4.13. The van der Waals surface area contributed by atoms with Gasteiger partial charge in [0.2, 0.25) is 5.91 Å². The number of carbonyl (C=O) groups excluding carboxylic acids is 1. The molecule has 1 aliphatic carbocycles. The van der Waals surface area contributed by atoms with Gasteiger partial charge < -0.3 is 5.32 Å². The summed E-state index contributed by atoms with van der Waals surface area (Å²) in [6.45, 7) is 0. The first-order valence-corrected chi connectivity index (χ1v) is 7.21. The van der Waals surface area contributed by atoms with Crippen LogP contribution in [0, 0.1) is 5.92 Å². The molecule has 2 unspecified atom stereocenters. The van der Waals surface area contributed by atoms with Crippen molar-refractivity contribution in [3.63, 3.8) is 0 Å². The summed E-state index contributed by atoms with van der Waals surface area (Å²) in [5, 5.41) is 8.05. The molecule has 0 bridgehead atoms. The highest BCUT2D eigenvalue weighted by Gasteiger charge is 2.44. The van der Waals surface area contributed by atoms with E-state index in [2.05, 4.69) is 20.4 Å². The van der Waals surface area contributed by atoms with Crippen LogP contribution in [0.4, 0.5) is 5.69 Å². The molecule has 6 nitrogen and oxygen atoms in total. The van der Waals surface area contributed by atoms with Gasteiger partial charge in [0, 0.05) is 31.6 Å². The van der Waals surface area contributed by atoms with E-state index in [-0.39, 0.29) is 17.7 Å². The molecule has 1 N–H and O–H groups in total. The molecule has 1 aliphatic rings. The smallest absolute Gasteiger partial charge is 0.228 e. The van der Waals surface area contributed by atoms with E-state index in [4.69, 9.17) is 0 Å². The number of hydrogen-bond acceptors (Lipinski definition) is 4. The molecule has 1 saturated carbocycles. The lowest BCUT2D eigenvalue weighted by Gasteiger charge is -2.06. The van der Waals surface area contributed by atoms with Gasteiger partial charge in [0.1, 0.15) is 0 Å². The number of aryl methyl sites for hydroxylation is 1. The van der Waals surface area contributed by atoms with Crippen LogP contribution in [-0.4, -0.2) is 25.7 Å². The summed E-state index contributed by atoms with van der Waals surface area (Å²) < 4.78 is 1.69. The zero-order valence-electron chi connectivity index (χ0n) is 12.1. The topological polar surface area (TPSA) is 72.7 Å². The van der Waals surface area contributed by atoms with Crippen LogP contribution in [0.1, 0.15) is 17.9 Å². The first-order chi connectivity index (χ1) is 10.7. The second-order valence-corrected chi connectivity index (χ2v) is 5.59. The fourth-order valence-electron chi connectivity index (χ4n) is 2.83. The van der Waals surface area contributed by atoms with Gasteiger partial charge in [-0.15, -0.1) is 0 Å². The minimum absolute atomic E-state index is 0.0177. The lowest BCUT2D eigenvalue weighted by atomic mass is 10.1. The molecule has 3 aromatic rings. The average Bonchev–Trinajstić information content (AvgIpc) is 3.27. The van der Waals surface area contributed by atoms with Crippen molar-refractivity contribution >= 4 is 22.6 Å². The lowest BCUT2D eigenvalue weighted by molar-refractivity contribution is -0.117. The summed E-state index contributed by atoms with van der Waals surface area (Å²) in [6.07, 6.45) is 7.87. The number of anilines is 1. The van der Waals surface area contributed by atoms with Gasteiger partial charge >= 0.3 is 0 Å². The number of rotatable bonds is 3. The maximum absolute atomic E-state index is 12.4. The number of nitrogens with zero attached hydrogens (tertiary/aromatic N) is 4. The molecule has 3 heterocycles. The Hall–Kier alpha value is -2.76. The number of pyridine rings is 2. The van der Waals surface area contributed by atoms with E-state index in [9.17, 15) is 4.79 Å². The molecular weight excluding hydrogens is 278 g/mol. The maximum Gasteiger partial charge on any atom is 0.228 e. The minimum Gasteiger partial charge on any atom is -0.325 e. The highest BCUT2D eigenvalue weighted by Crippen LogP contribution is 2.47. The maximum atomic E-state index is 12.4. The van der Waals surface area contributed by atoms with E-state index < -0.39 is 0 Å². The molecular formula is C16H15N5O. The molecule has 6 heteroatoms. The molecule has 3 aromatic heterocycles. The van der Waals surface area contributed by atoms with Crippen molar-refractivity contribution < 1.29 is 4.79 Å². The van der Waals surface area contributed by atoms with Crippen LogP contribution in [0.2, 0.25) is 0 Å². The van der Waals surface area contributed by atoms with Crippen LogP contribution >= 0.6 is 0 Å². The van der Waals surface area contributed by atoms with Crippen LogP contribution in [0.25, 0.3) is 11.0 Å². The second kappa shape index (κ2) is 4.91. The van der Waals surface area contributed by atoms with Gasteiger partial charge in [0.05, 0.1) is 17.3 Å². The Morgan fingerprint density at radius 1 is 1.32 bits per heavy atom. The first kappa shape index (κ1) is 12.9. The van der Waals surface area contributed by atoms with Gasteiger partial charge in [0.15, 0.2) is 5.65 Å². The van der Waals surface area contributed by atoms with E-state index in [1.807, 2.05) is 31.4 Å². The summed E-state index contributed by atoms with van der Waals surface area (Å²) in [7, 11) is 1.83. The van der Waals surface area contributed by atoms with E-state index in [1.54, 1.807) is 23.3 Å². The Labute approximate surface area is 127 Å². The molecule has 110 valence electrons. The third-order valence-electron chi connectivity index (χ3n) is 4.13. The number of fused-ring (bicyclic) bond motifs is 1. The molecule has 0 aromatic carbocycles. The molecule has 2 atom stereocenters. The second-order valence-electron chi connectivity index (χ2n) is 5.59. The van der Waals surface area contributed by atoms with Gasteiger partial charge in [0.25, 0.3) is 0 Å². The van der Waals surface area contributed by atoms with E-state index >= 15 is 0 Å². The van der Waals surface area contributed by atoms with Crippen molar-refractivity contribution in [2.45, 2.75) is 12.3 Å². The van der Waals surface area contributed by atoms with Gasteiger partial charge in [-0.25, -0.2) is 4.98 Å².